The van der Waals surface area contributed by atoms with Gasteiger partial charge in [0.2, 0.25) is 11.9 Å². The molecule has 0 saturated carbocycles. The predicted molar refractivity (Wildman–Crippen MR) is 155 cm³/mol. The average Bonchev–Trinajstić information content (AvgIpc) is 3.53. The fraction of sp³-hybridized carbons (Fsp3) is 0.393. The summed E-state index contributed by atoms with van der Waals surface area (Å²) >= 11 is 3.68. The quantitative estimate of drug-likeness (QED) is 0.222. The number of benzene rings is 1. The summed E-state index contributed by atoms with van der Waals surface area (Å²) in [7, 11) is 7.59. The molecule has 0 unspecified atom stereocenters. The maximum Gasteiger partial charge on any atom is 0.230 e. The van der Waals surface area contributed by atoms with Gasteiger partial charge in [-0.1, -0.05) is 26.2 Å². The molecule has 0 amide bonds. The normalized spacial score (nSPS) is 11.2. The van der Waals surface area contributed by atoms with E-state index in [9.17, 15) is 5.11 Å². The summed E-state index contributed by atoms with van der Waals surface area (Å²) in [4.78, 5) is 22.7. The molecule has 3 heterocycles. The van der Waals surface area contributed by atoms with E-state index in [0.717, 1.165) is 16.0 Å². The number of anilines is 2. The summed E-state index contributed by atoms with van der Waals surface area (Å²) in [5.41, 5.74) is 2.45. The van der Waals surface area contributed by atoms with Crippen molar-refractivity contribution in [1.82, 2.24) is 15.0 Å². The highest BCUT2D eigenvalue weighted by Gasteiger charge is 2.18. The van der Waals surface area contributed by atoms with E-state index in [-0.39, 0.29) is 5.75 Å². The van der Waals surface area contributed by atoms with E-state index in [1.807, 2.05) is 68.4 Å². The lowest BCUT2D eigenvalue weighted by atomic mass is 10.0. The number of aromatic nitrogens is 3. The van der Waals surface area contributed by atoms with Gasteiger partial charge in [0.1, 0.15) is 5.75 Å². The Morgan fingerprint density at radius 1 is 0.778 bits per heavy atom. The number of rotatable bonds is 10. The molecule has 6 nitrogen and oxygen atoms in total. The first-order valence-electron chi connectivity index (χ1n) is 12.4. The second-order valence-electron chi connectivity index (χ2n) is 9.48. The molecule has 190 valence electrons. The molecule has 0 bridgehead atoms. The van der Waals surface area contributed by atoms with Crippen LogP contribution in [-0.2, 0) is 6.42 Å². The van der Waals surface area contributed by atoms with Gasteiger partial charge in [-0.15, -0.1) is 22.7 Å². The molecular weight excluding hydrogens is 486 g/mol. The molecule has 4 aromatic rings. The maximum atomic E-state index is 10.9. The number of phenolic OH excluding ortho intramolecular Hbond substituents is 1. The molecule has 4 rings (SSSR count). The van der Waals surface area contributed by atoms with Gasteiger partial charge in [-0.3, -0.25) is 0 Å². The van der Waals surface area contributed by atoms with Crippen molar-refractivity contribution in [1.29, 1.82) is 0 Å². The van der Waals surface area contributed by atoms with E-state index in [1.165, 1.54) is 46.7 Å². The summed E-state index contributed by atoms with van der Waals surface area (Å²) in [6.07, 6.45) is 6.33. The van der Waals surface area contributed by atoms with Crippen LogP contribution in [0.25, 0.3) is 31.6 Å². The number of phenols is 1. The fourth-order valence-electron chi connectivity index (χ4n) is 3.96. The van der Waals surface area contributed by atoms with Crippen molar-refractivity contribution >= 4 is 34.6 Å². The number of aromatic hydroxyl groups is 1. The van der Waals surface area contributed by atoms with Gasteiger partial charge in [-0.05, 0) is 67.3 Å². The van der Waals surface area contributed by atoms with E-state index in [1.54, 1.807) is 11.3 Å². The van der Waals surface area contributed by atoms with Crippen LogP contribution in [0.2, 0.25) is 0 Å². The summed E-state index contributed by atoms with van der Waals surface area (Å²) in [6, 6.07) is 12.9. The number of nitrogens with zero attached hydrogens (tertiary/aromatic N) is 5. The highest BCUT2D eigenvalue weighted by Crippen LogP contribution is 2.41. The molecule has 0 radical (unpaired) electrons. The van der Waals surface area contributed by atoms with Crippen LogP contribution in [0, 0.1) is 6.92 Å². The Kier molecular flexibility index (Phi) is 8.26. The van der Waals surface area contributed by atoms with Crippen LogP contribution in [-0.4, -0.2) is 48.2 Å². The molecule has 0 atom stereocenters. The number of thiophene rings is 2. The first-order valence-corrected chi connectivity index (χ1v) is 14.0. The maximum absolute atomic E-state index is 10.9. The van der Waals surface area contributed by atoms with Gasteiger partial charge in [0, 0.05) is 47.7 Å². The zero-order valence-corrected chi connectivity index (χ0v) is 23.6. The Hall–Kier alpha value is -2.97. The van der Waals surface area contributed by atoms with Gasteiger partial charge in [-0.25, -0.2) is 0 Å². The smallest absolute Gasteiger partial charge is 0.230 e. The molecule has 36 heavy (non-hydrogen) atoms. The van der Waals surface area contributed by atoms with Gasteiger partial charge in [0.05, 0.1) is 5.56 Å². The number of aryl methyl sites for hydroxylation is 2. The minimum Gasteiger partial charge on any atom is -0.507 e. The molecular formula is C28H35N5OS2. The molecule has 1 N–H and O–H groups in total. The van der Waals surface area contributed by atoms with Crippen molar-refractivity contribution in [2.24, 2.45) is 0 Å². The van der Waals surface area contributed by atoms with Crippen LogP contribution in [0.5, 0.6) is 5.75 Å². The third-order valence-electron chi connectivity index (χ3n) is 6.02. The number of hydrogen-bond acceptors (Lipinski definition) is 8. The van der Waals surface area contributed by atoms with Crippen molar-refractivity contribution < 1.29 is 5.11 Å². The van der Waals surface area contributed by atoms with Gasteiger partial charge < -0.3 is 14.9 Å². The summed E-state index contributed by atoms with van der Waals surface area (Å²) in [5, 5.41) is 10.9. The zero-order valence-electron chi connectivity index (χ0n) is 22.0. The number of unbranched alkanes of at least 4 members (excludes halogenated alkanes) is 3. The van der Waals surface area contributed by atoms with Crippen molar-refractivity contribution in [2.75, 3.05) is 38.0 Å². The van der Waals surface area contributed by atoms with Gasteiger partial charge in [0.25, 0.3) is 0 Å². The lowest BCUT2D eigenvalue weighted by Gasteiger charge is -2.17. The van der Waals surface area contributed by atoms with Crippen molar-refractivity contribution in [3.05, 3.63) is 46.8 Å². The Bertz CT molecular complexity index is 1300. The molecule has 3 aromatic heterocycles. The highest BCUT2D eigenvalue weighted by atomic mass is 32.1. The van der Waals surface area contributed by atoms with Crippen LogP contribution in [0.3, 0.4) is 0 Å². The molecule has 0 aliphatic rings. The van der Waals surface area contributed by atoms with Crippen molar-refractivity contribution in [2.45, 2.75) is 46.0 Å². The number of hydrogen-bond donors (Lipinski definition) is 1. The summed E-state index contributed by atoms with van der Waals surface area (Å²) in [5.74, 6) is 1.75. The molecule has 0 fully saturated rings. The predicted octanol–water partition coefficient (Wildman–Crippen LogP) is 7.26. The molecule has 0 saturated heterocycles. The van der Waals surface area contributed by atoms with Crippen LogP contribution in [0.1, 0.15) is 43.0 Å². The van der Waals surface area contributed by atoms with Crippen LogP contribution in [0.15, 0.2) is 36.4 Å². The van der Waals surface area contributed by atoms with Gasteiger partial charge >= 0.3 is 0 Å². The Labute approximate surface area is 222 Å². The van der Waals surface area contributed by atoms with E-state index in [4.69, 9.17) is 0 Å². The van der Waals surface area contributed by atoms with E-state index in [2.05, 4.69) is 46.1 Å². The Morgan fingerprint density at radius 2 is 1.42 bits per heavy atom. The average molecular weight is 522 g/mol. The van der Waals surface area contributed by atoms with Crippen molar-refractivity contribution in [3.8, 4) is 37.3 Å². The van der Waals surface area contributed by atoms with Crippen LogP contribution in [0.4, 0.5) is 11.9 Å². The molecule has 1 aromatic carbocycles. The fourth-order valence-corrected chi connectivity index (χ4v) is 6.10. The van der Waals surface area contributed by atoms with E-state index < -0.39 is 0 Å². The SMILES string of the molecule is CCCCCCc1ccc(-c2ccc(-c3cc(C)c(O)c(-c4nc(N(C)C)nc(N(C)C)n4)c3)s2)s1. The second kappa shape index (κ2) is 11.4. The molecule has 0 aliphatic heterocycles. The van der Waals surface area contributed by atoms with Crippen LogP contribution >= 0.6 is 22.7 Å². The first kappa shape index (κ1) is 26.1. The molecule has 8 heteroatoms. The largest absolute Gasteiger partial charge is 0.507 e. The second-order valence-corrected chi connectivity index (χ2v) is 11.7. The summed E-state index contributed by atoms with van der Waals surface area (Å²) in [6.45, 7) is 4.17. The van der Waals surface area contributed by atoms with Gasteiger partial charge in [-0.2, -0.15) is 15.0 Å². The minimum atomic E-state index is 0.196. The molecule has 0 spiro atoms. The third kappa shape index (κ3) is 5.87. The van der Waals surface area contributed by atoms with Gasteiger partial charge in [0.15, 0.2) is 5.82 Å². The van der Waals surface area contributed by atoms with E-state index >= 15 is 0 Å². The topological polar surface area (TPSA) is 65.4 Å². The van der Waals surface area contributed by atoms with E-state index in [0.29, 0.717) is 23.3 Å². The Morgan fingerprint density at radius 3 is 2.08 bits per heavy atom. The summed E-state index contributed by atoms with van der Waals surface area (Å²) < 4.78 is 0. The highest BCUT2D eigenvalue weighted by molar-refractivity contribution is 7.23. The minimum absolute atomic E-state index is 0.196. The lowest BCUT2D eigenvalue weighted by Crippen LogP contribution is -2.19. The first-order chi connectivity index (χ1) is 17.3. The standard InChI is InChI=1S/C28H35N5OS2/c1-7-8-9-10-11-20-12-13-23(35-20)24-15-14-22(36-24)19-16-18(2)25(34)21(17-19)26-29-27(32(3)4)31-28(30-26)33(5)6/h12-17,34H,7-11H2,1-6H3. The lowest BCUT2D eigenvalue weighted by molar-refractivity contribution is 0.473. The third-order valence-corrected chi connectivity index (χ3v) is 8.50. The monoisotopic (exact) mass is 521 g/mol. The zero-order chi connectivity index (χ0) is 25.8. The van der Waals surface area contributed by atoms with Crippen LogP contribution < -0.4 is 9.80 Å². The Balaban J connectivity index is 1.65. The molecule has 0 aliphatic carbocycles. The van der Waals surface area contributed by atoms with Crippen molar-refractivity contribution in [3.63, 3.8) is 0 Å².